The lowest BCUT2D eigenvalue weighted by molar-refractivity contribution is 0.169. The van der Waals surface area contributed by atoms with Crippen molar-refractivity contribution < 1.29 is 0 Å². The van der Waals surface area contributed by atoms with E-state index >= 15 is 0 Å². The van der Waals surface area contributed by atoms with Crippen LogP contribution in [0.1, 0.15) is 36.1 Å². The second-order valence-electron chi connectivity index (χ2n) is 5.07. The van der Waals surface area contributed by atoms with Crippen LogP contribution in [0, 0.1) is 13.8 Å². The van der Waals surface area contributed by atoms with Crippen LogP contribution >= 0.6 is 0 Å². The lowest BCUT2D eigenvalue weighted by Crippen LogP contribution is -2.45. The number of rotatable bonds is 3. The first kappa shape index (κ1) is 12.6. The first-order chi connectivity index (χ1) is 8.22. The molecule has 0 unspecified atom stereocenters. The number of benzene rings is 1. The minimum atomic E-state index is 0.594. The molecule has 0 aromatic heterocycles. The van der Waals surface area contributed by atoms with Crippen LogP contribution in [0.4, 0.5) is 0 Å². The van der Waals surface area contributed by atoms with Gasteiger partial charge in [-0.25, -0.2) is 0 Å². The van der Waals surface area contributed by atoms with Gasteiger partial charge in [-0.15, -0.1) is 0 Å². The second kappa shape index (κ2) is 5.65. The van der Waals surface area contributed by atoms with E-state index in [2.05, 4.69) is 49.2 Å². The van der Waals surface area contributed by atoms with Gasteiger partial charge < -0.3 is 5.32 Å². The first-order valence-electron chi connectivity index (χ1n) is 6.74. The third-order valence-corrected chi connectivity index (χ3v) is 3.77. The summed E-state index contributed by atoms with van der Waals surface area (Å²) in [6.45, 7) is 11.3. The van der Waals surface area contributed by atoms with Gasteiger partial charge in [-0.3, -0.25) is 4.90 Å². The van der Waals surface area contributed by atoms with Crippen molar-refractivity contribution in [3.05, 3.63) is 34.9 Å². The molecule has 1 aliphatic heterocycles. The zero-order valence-corrected chi connectivity index (χ0v) is 11.3. The first-order valence-corrected chi connectivity index (χ1v) is 6.74. The molecule has 2 rings (SSSR count). The fraction of sp³-hybridized carbons (Fsp3) is 0.600. The Hall–Kier alpha value is -0.860. The molecule has 0 spiro atoms. The standard InChI is InChI=1S/C15H24N2/c1-4-15(17-9-7-16-8-10-17)14-11-12(2)5-6-13(14)3/h5-6,11,15-16H,4,7-10H2,1-3H3/t15-/m1/s1. The topological polar surface area (TPSA) is 15.3 Å². The zero-order valence-electron chi connectivity index (χ0n) is 11.3. The average Bonchev–Trinajstić information content (AvgIpc) is 2.36. The van der Waals surface area contributed by atoms with Gasteiger partial charge in [0.15, 0.2) is 0 Å². The summed E-state index contributed by atoms with van der Waals surface area (Å²) < 4.78 is 0. The Labute approximate surface area is 105 Å². The van der Waals surface area contributed by atoms with E-state index in [9.17, 15) is 0 Å². The quantitative estimate of drug-likeness (QED) is 0.862. The van der Waals surface area contributed by atoms with Crippen LogP contribution in [-0.2, 0) is 0 Å². The molecule has 1 aromatic carbocycles. The molecule has 1 saturated heterocycles. The summed E-state index contributed by atoms with van der Waals surface area (Å²) in [7, 11) is 0. The van der Waals surface area contributed by atoms with Crippen molar-refractivity contribution >= 4 is 0 Å². The maximum Gasteiger partial charge on any atom is 0.0349 e. The summed E-state index contributed by atoms with van der Waals surface area (Å²) in [5.74, 6) is 0. The minimum absolute atomic E-state index is 0.594. The smallest absolute Gasteiger partial charge is 0.0349 e. The van der Waals surface area contributed by atoms with Gasteiger partial charge in [0.05, 0.1) is 0 Å². The van der Waals surface area contributed by atoms with Crippen molar-refractivity contribution in [2.45, 2.75) is 33.2 Å². The Morgan fingerprint density at radius 1 is 1.24 bits per heavy atom. The van der Waals surface area contributed by atoms with Crippen LogP contribution in [0.25, 0.3) is 0 Å². The second-order valence-corrected chi connectivity index (χ2v) is 5.07. The molecule has 94 valence electrons. The highest BCUT2D eigenvalue weighted by molar-refractivity contribution is 5.33. The predicted octanol–water partition coefficient (Wildman–Crippen LogP) is 2.66. The van der Waals surface area contributed by atoms with Crippen molar-refractivity contribution in [2.24, 2.45) is 0 Å². The molecule has 2 heteroatoms. The zero-order chi connectivity index (χ0) is 12.3. The molecule has 1 N–H and O–H groups in total. The number of piperazine rings is 1. The number of nitrogens with one attached hydrogen (secondary N) is 1. The van der Waals surface area contributed by atoms with Gasteiger partial charge >= 0.3 is 0 Å². The Bertz CT molecular complexity index is 367. The molecule has 1 fully saturated rings. The van der Waals surface area contributed by atoms with E-state index in [1.165, 1.54) is 36.2 Å². The summed E-state index contributed by atoms with van der Waals surface area (Å²) >= 11 is 0. The number of aryl methyl sites for hydroxylation is 2. The Kier molecular flexibility index (Phi) is 4.19. The van der Waals surface area contributed by atoms with E-state index < -0.39 is 0 Å². The van der Waals surface area contributed by atoms with Crippen molar-refractivity contribution in [3.8, 4) is 0 Å². The largest absolute Gasteiger partial charge is 0.314 e. The maximum absolute atomic E-state index is 3.43. The lowest BCUT2D eigenvalue weighted by Gasteiger charge is -2.35. The van der Waals surface area contributed by atoms with Crippen LogP contribution in [0.2, 0.25) is 0 Å². The van der Waals surface area contributed by atoms with Gasteiger partial charge in [-0.1, -0.05) is 30.7 Å². The monoisotopic (exact) mass is 232 g/mol. The van der Waals surface area contributed by atoms with Crippen LogP contribution in [0.5, 0.6) is 0 Å². The van der Waals surface area contributed by atoms with Crippen molar-refractivity contribution in [3.63, 3.8) is 0 Å². The van der Waals surface area contributed by atoms with Gasteiger partial charge in [0.2, 0.25) is 0 Å². The molecule has 0 radical (unpaired) electrons. The molecule has 1 atom stereocenters. The molecule has 1 aliphatic rings. The molecule has 0 aliphatic carbocycles. The van der Waals surface area contributed by atoms with Gasteiger partial charge in [0.25, 0.3) is 0 Å². The van der Waals surface area contributed by atoms with Crippen LogP contribution in [0.15, 0.2) is 18.2 Å². The molecule has 0 bridgehead atoms. The summed E-state index contributed by atoms with van der Waals surface area (Å²) in [4.78, 5) is 2.62. The average molecular weight is 232 g/mol. The SMILES string of the molecule is CC[C@H](c1cc(C)ccc1C)N1CCNCC1. The van der Waals surface area contributed by atoms with Crippen LogP contribution < -0.4 is 5.32 Å². The molecule has 0 amide bonds. The molecule has 1 heterocycles. The van der Waals surface area contributed by atoms with Crippen molar-refractivity contribution in [1.82, 2.24) is 10.2 Å². The highest BCUT2D eigenvalue weighted by atomic mass is 15.2. The van der Waals surface area contributed by atoms with E-state index in [0.717, 1.165) is 13.1 Å². The molecule has 2 nitrogen and oxygen atoms in total. The molecular weight excluding hydrogens is 208 g/mol. The summed E-state index contributed by atoms with van der Waals surface area (Å²) in [6.07, 6.45) is 1.20. The summed E-state index contributed by atoms with van der Waals surface area (Å²) in [5.41, 5.74) is 4.33. The summed E-state index contributed by atoms with van der Waals surface area (Å²) in [5, 5.41) is 3.43. The van der Waals surface area contributed by atoms with Gasteiger partial charge in [0, 0.05) is 32.2 Å². The Balaban J connectivity index is 2.24. The highest BCUT2D eigenvalue weighted by Crippen LogP contribution is 2.27. The summed E-state index contributed by atoms with van der Waals surface area (Å²) in [6, 6.07) is 7.43. The Morgan fingerprint density at radius 2 is 1.94 bits per heavy atom. The molecular formula is C15H24N2. The third kappa shape index (κ3) is 2.88. The normalized spacial score (nSPS) is 19.2. The number of hydrogen-bond acceptors (Lipinski definition) is 2. The maximum atomic E-state index is 3.43. The van der Waals surface area contributed by atoms with E-state index in [1.807, 2.05) is 0 Å². The van der Waals surface area contributed by atoms with Crippen molar-refractivity contribution in [1.29, 1.82) is 0 Å². The fourth-order valence-corrected chi connectivity index (χ4v) is 2.79. The Morgan fingerprint density at radius 3 is 2.59 bits per heavy atom. The van der Waals surface area contributed by atoms with Gasteiger partial charge in [-0.05, 0) is 31.4 Å². The number of nitrogens with zero attached hydrogens (tertiary/aromatic N) is 1. The molecule has 0 saturated carbocycles. The molecule has 1 aromatic rings. The van der Waals surface area contributed by atoms with Gasteiger partial charge in [0.1, 0.15) is 0 Å². The minimum Gasteiger partial charge on any atom is -0.314 e. The fourth-order valence-electron chi connectivity index (χ4n) is 2.79. The number of hydrogen-bond donors (Lipinski definition) is 1. The van der Waals surface area contributed by atoms with Crippen LogP contribution in [-0.4, -0.2) is 31.1 Å². The van der Waals surface area contributed by atoms with E-state index in [4.69, 9.17) is 0 Å². The predicted molar refractivity (Wildman–Crippen MR) is 73.4 cm³/mol. The van der Waals surface area contributed by atoms with Crippen LogP contribution in [0.3, 0.4) is 0 Å². The highest BCUT2D eigenvalue weighted by Gasteiger charge is 2.21. The third-order valence-electron chi connectivity index (χ3n) is 3.77. The van der Waals surface area contributed by atoms with Crippen molar-refractivity contribution in [2.75, 3.05) is 26.2 Å². The van der Waals surface area contributed by atoms with E-state index in [0.29, 0.717) is 6.04 Å². The van der Waals surface area contributed by atoms with E-state index in [1.54, 1.807) is 0 Å². The lowest BCUT2D eigenvalue weighted by atomic mass is 9.95. The van der Waals surface area contributed by atoms with E-state index in [-0.39, 0.29) is 0 Å². The van der Waals surface area contributed by atoms with Gasteiger partial charge in [-0.2, -0.15) is 0 Å². The molecule has 17 heavy (non-hydrogen) atoms.